The Labute approximate surface area is 148 Å². The first-order valence-electron chi connectivity index (χ1n) is 8.41. The summed E-state index contributed by atoms with van der Waals surface area (Å²) in [5.74, 6) is -0.381. The molecule has 0 bridgehead atoms. The average molecular weight is 340 g/mol. The van der Waals surface area contributed by atoms with Gasteiger partial charge in [0.25, 0.3) is 5.91 Å². The van der Waals surface area contributed by atoms with Gasteiger partial charge in [-0.1, -0.05) is 48.5 Å². The lowest BCUT2D eigenvalue weighted by molar-refractivity contribution is -0.122. The van der Waals surface area contributed by atoms with Crippen LogP contribution in [0.25, 0.3) is 0 Å². The molecular formula is C20H24N2O3. The summed E-state index contributed by atoms with van der Waals surface area (Å²) in [6, 6.07) is 17.8. The maximum Gasteiger partial charge on any atom is 0.251 e. The molecule has 5 nitrogen and oxygen atoms in total. The highest BCUT2D eigenvalue weighted by Crippen LogP contribution is 2.17. The van der Waals surface area contributed by atoms with E-state index in [-0.39, 0.29) is 30.9 Å². The van der Waals surface area contributed by atoms with Crippen molar-refractivity contribution in [2.45, 2.75) is 31.8 Å². The minimum Gasteiger partial charge on any atom is -0.396 e. The number of nitrogens with one attached hydrogen (secondary N) is 2. The lowest BCUT2D eigenvalue weighted by Gasteiger charge is -2.20. The molecule has 5 heteroatoms. The molecule has 0 fully saturated rings. The fourth-order valence-corrected chi connectivity index (χ4v) is 2.55. The molecular weight excluding hydrogens is 316 g/mol. The van der Waals surface area contributed by atoms with Gasteiger partial charge >= 0.3 is 0 Å². The summed E-state index contributed by atoms with van der Waals surface area (Å²) in [4.78, 5) is 24.7. The predicted octanol–water partition coefficient (Wildman–Crippen LogP) is 2.43. The van der Waals surface area contributed by atoms with E-state index in [9.17, 15) is 9.59 Å². The number of hydrogen-bond donors (Lipinski definition) is 3. The van der Waals surface area contributed by atoms with Crippen LogP contribution in [0.3, 0.4) is 0 Å². The Bertz CT molecular complexity index is 674. The molecule has 0 heterocycles. The third-order valence-corrected chi connectivity index (χ3v) is 3.90. The second-order valence-electron chi connectivity index (χ2n) is 5.99. The van der Waals surface area contributed by atoms with Crippen molar-refractivity contribution in [2.24, 2.45) is 0 Å². The van der Waals surface area contributed by atoms with Crippen LogP contribution in [0.2, 0.25) is 0 Å². The first-order valence-corrected chi connectivity index (χ1v) is 8.41. The van der Waals surface area contributed by atoms with E-state index in [0.717, 1.165) is 5.56 Å². The van der Waals surface area contributed by atoms with E-state index in [1.54, 1.807) is 24.3 Å². The minimum atomic E-state index is -0.421. The van der Waals surface area contributed by atoms with Crippen molar-refractivity contribution in [3.05, 3.63) is 71.8 Å². The van der Waals surface area contributed by atoms with Gasteiger partial charge in [-0.15, -0.1) is 0 Å². The monoisotopic (exact) mass is 340 g/mol. The van der Waals surface area contributed by atoms with E-state index in [4.69, 9.17) is 5.11 Å². The molecule has 132 valence electrons. The van der Waals surface area contributed by atoms with Crippen LogP contribution in [-0.4, -0.2) is 29.6 Å². The summed E-state index contributed by atoms with van der Waals surface area (Å²) in [5.41, 5.74) is 1.43. The van der Waals surface area contributed by atoms with Gasteiger partial charge in [0.2, 0.25) is 5.91 Å². The number of rotatable bonds is 8. The highest BCUT2D eigenvalue weighted by atomic mass is 16.3. The highest BCUT2D eigenvalue weighted by molar-refractivity contribution is 5.94. The Kier molecular flexibility index (Phi) is 7.16. The van der Waals surface area contributed by atoms with Gasteiger partial charge in [-0.05, 0) is 31.0 Å². The zero-order valence-electron chi connectivity index (χ0n) is 14.3. The lowest BCUT2D eigenvalue weighted by Crippen LogP contribution is -2.37. The normalized spacial score (nSPS) is 12.9. The third-order valence-electron chi connectivity index (χ3n) is 3.90. The minimum absolute atomic E-state index is 0.0221. The van der Waals surface area contributed by atoms with Gasteiger partial charge in [0.05, 0.1) is 12.5 Å². The average Bonchev–Trinajstić information content (AvgIpc) is 2.62. The van der Waals surface area contributed by atoms with Crippen LogP contribution in [0.5, 0.6) is 0 Å². The van der Waals surface area contributed by atoms with Gasteiger partial charge < -0.3 is 15.7 Å². The van der Waals surface area contributed by atoms with Crippen molar-refractivity contribution in [1.82, 2.24) is 10.6 Å². The van der Waals surface area contributed by atoms with Crippen molar-refractivity contribution >= 4 is 11.8 Å². The fourth-order valence-electron chi connectivity index (χ4n) is 2.55. The van der Waals surface area contributed by atoms with Gasteiger partial charge in [-0.25, -0.2) is 0 Å². The van der Waals surface area contributed by atoms with Crippen LogP contribution in [0.1, 0.15) is 41.7 Å². The van der Waals surface area contributed by atoms with E-state index < -0.39 is 6.04 Å². The molecule has 2 amide bonds. The maximum absolute atomic E-state index is 12.5. The molecule has 0 aromatic heterocycles. The lowest BCUT2D eigenvalue weighted by atomic mass is 10.0. The zero-order valence-corrected chi connectivity index (χ0v) is 14.3. The number of aliphatic hydroxyl groups excluding tert-OH is 1. The summed E-state index contributed by atoms with van der Waals surface area (Å²) in [6.07, 6.45) is 0.635. The topological polar surface area (TPSA) is 78.4 Å². The van der Waals surface area contributed by atoms with E-state index in [2.05, 4.69) is 10.6 Å². The van der Waals surface area contributed by atoms with Crippen molar-refractivity contribution in [3.8, 4) is 0 Å². The van der Waals surface area contributed by atoms with Crippen LogP contribution < -0.4 is 10.6 Å². The smallest absolute Gasteiger partial charge is 0.251 e. The Morgan fingerprint density at radius 1 is 0.960 bits per heavy atom. The van der Waals surface area contributed by atoms with Crippen LogP contribution in [0, 0.1) is 0 Å². The Hall–Kier alpha value is -2.66. The van der Waals surface area contributed by atoms with E-state index in [0.29, 0.717) is 12.0 Å². The molecule has 0 aliphatic heterocycles. The van der Waals surface area contributed by atoms with Crippen LogP contribution in [0.4, 0.5) is 0 Å². The molecule has 25 heavy (non-hydrogen) atoms. The van der Waals surface area contributed by atoms with Gasteiger partial charge in [0, 0.05) is 18.2 Å². The van der Waals surface area contributed by atoms with E-state index >= 15 is 0 Å². The van der Waals surface area contributed by atoms with E-state index in [1.807, 2.05) is 43.3 Å². The summed E-state index contributed by atoms with van der Waals surface area (Å²) in [6.45, 7) is 1.86. The van der Waals surface area contributed by atoms with Crippen LogP contribution in [-0.2, 0) is 4.79 Å². The van der Waals surface area contributed by atoms with Gasteiger partial charge in [-0.3, -0.25) is 9.59 Å². The molecule has 2 aromatic carbocycles. The second kappa shape index (κ2) is 9.59. The third kappa shape index (κ3) is 6.04. The molecule has 3 N–H and O–H groups in total. The first kappa shape index (κ1) is 18.7. The number of aliphatic hydroxyl groups is 1. The Morgan fingerprint density at radius 3 is 2.16 bits per heavy atom. The van der Waals surface area contributed by atoms with Crippen molar-refractivity contribution in [3.63, 3.8) is 0 Å². The van der Waals surface area contributed by atoms with Gasteiger partial charge in [0.15, 0.2) is 0 Å². The first-order chi connectivity index (χ1) is 12.1. The SMILES string of the molecule is CC(CCO)NC(=O)CC(NC(=O)c1ccccc1)c1ccccc1. The predicted molar refractivity (Wildman–Crippen MR) is 97.0 cm³/mol. The Balaban J connectivity index is 2.08. The van der Waals surface area contributed by atoms with Crippen molar-refractivity contribution in [1.29, 1.82) is 0 Å². The summed E-state index contributed by atoms with van der Waals surface area (Å²) in [5, 5.41) is 14.7. The summed E-state index contributed by atoms with van der Waals surface area (Å²) >= 11 is 0. The molecule has 0 spiro atoms. The Morgan fingerprint density at radius 2 is 1.56 bits per heavy atom. The zero-order chi connectivity index (χ0) is 18.1. The molecule has 2 atom stereocenters. The standard InChI is InChI=1S/C20H24N2O3/c1-15(12-13-23)21-19(24)14-18(16-8-4-2-5-9-16)22-20(25)17-10-6-3-7-11-17/h2-11,15,18,23H,12-14H2,1H3,(H,21,24)(H,22,25). The second-order valence-corrected chi connectivity index (χ2v) is 5.99. The number of amides is 2. The number of benzene rings is 2. The summed E-state index contributed by atoms with van der Waals surface area (Å²) in [7, 11) is 0. The molecule has 0 aliphatic rings. The quantitative estimate of drug-likeness (QED) is 0.691. The molecule has 0 radical (unpaired) electrons. The van der Waals surface area contributed by atoms with Crippen molar-refractivity contribution < 1.29 is 14.7 Å². The van der Waals surface area contributed by atoms with Crippen molar-refractivity contribution in [2.75, 3.05) is 6.61 Å². The van der Waals surface area contributed by atoms with Gasteiger partial charge in [0.1, 0.15) is 0 Å². The molecule has 2 rings (SSSR count). The highest BCUT2D eigenvalue weighted by Gasteiger charge is 2.20. The van der Waals surface area contributed by atoms with Crippen LogP contribution in [0.15, 0.2) is 60.7 Å². The van der Waals surface area contributed by atoms with Gasteiger partial charge in [-0.2, -0.15) is 0 Å². The molecule has 0 aliphatic carbocycles. The summed E-state index contributed by atoms with van der Waals surface area (Å²) < 4.78 is 0. The molecule has 2 unspecified atom stereocenters. The largest absolute Gasteiger partial charge is 0.396 e. The van der Waals surface area contributed by atoms with Crippen LogP contribution >= 0.6 is 0 Å². The number of hydrogen-bond acceptors (Lipinski definition) is 3. The van der Waals surface area contributed by atoms with E-state index in [1.165, 1.54) is 0 Å². The number of carbonyl (C=O) groups is 2. The maximum atomic E-state index is 12.5. The number of carbonyl (C=O) groups excluding carboxylic acids is 2. The molecule has 0 saturated carbocycles. The molecule has 2 aromatic rings. The fraction of sp³-hybridized carbons (Fsp3) is 0.300. The molecule has 0 saturated heterocycles.